The second-order valence-corrected chi connectivity index (χ2v) is 14.4. The first-order chi connectivity index (χ1) is 11.4. The lowest BCUT2D eigenvalue weighted by molar-refractivity contribution is -0.148. The lowest BCUT2D eigenvalue weighted by Gasteiger charge is -2.39. The minimum absolute atomic E-state index is 0.00558. The van der Waals surface area contributed by atoms with Crippen LogP contribution in [0.2, 0.25) is 18.1 Å². The first kappa shape index (κ1) is 22.4. The van der Waals surface area contributed by atoms with Crippen LogP contribution in [0.15, 0.2) is 11.6 Å². The number of allylic oxidation sites excluding steroid dienone is 2. The van der Waals surface area contributed by atoms with Gasteiger partial charge in [0.15, 0.2) is 8.32 Å². The van der Waals surface area contributed by atoms with E-state index in [0.29, 0.717) is 11.8 Å². The molecule has 3 atom stereocenters. The van der Waals surface area contributed by atoms with Crippen LogP contribution in [0.5, 0.6) is 0 Å². The Morgan fingerprint density at radius 1 is 1.32 bits per heavy atom. The summed E-state index contributed by atoms with van der Waals surface area (Å²) in [6, 6.07) is 0. The van der Waals surface area contributed by atoms with Gasteiger partial charge < -0.3 is 9.16 Å². The lowest BCUT2D eigenvalue weighted by Crippen LogP contribution is -2.42. The highest BCUT2D eigenvalue weighted by Gasteiger charge is 2.39. The molecule has 1 aliphatic carbocycles. The van der Waals surface area contributed by atoms with Crippen LogP contribution in [0.25, 0.3) is 0 Å². The molecule has 0 fully saturated rings. The molecule has 0 aliphatic heterocycles. The van der Waals surface area contributed by atoms with Crippen molar-refractivity contribution in [2.24, 2.45) is 23.7 Å². The van der Waals surface area contributed by atoms with Crippen LogP contribution in [0, 0.1) is 23.7 Å². The van der Waals surface area contributed by atoms with E-state index in [1.54, 1.807) is 0 Å². The summed E-state index contributed by atoms with van der Waals surface area (Å²) in [6.45, 7) is 18.9. The number of methoxy groups -OCH3 is 1. The summed E-state index contributed by atoms with van der Waals surface area (Å²) in [5, 5.41) is 0.232. The average molecular weight is 369 g/mol. The number of carbonyl (C=O) groups is 1. The lowest BCUT2D eigenvalue weighted by atomic mass is 9.69. The van der Waals surface area contributed by atoms with E-state index < -0.39 is 8.32 Å². The van der Waals surface area contributed by atoms with Crippen molar-refractivity contribution in [2.45, 2.75) is 78.9 Å². The van der Waals surface area contributed by atoms with Crippen molar-refractivity contribution >= 4 is 14.3 Å². The highest BCUT2D eigenvalue weighted by atomic mass is 28.4. The van der Waals surface area contributed by atoms with E-state index in [0.717, 1.165) is 25.9 Å². The summed E-state index contributed by atoms with van der Waals surface area (Å²) in [7, 11) is -0.213. The Balaban J connectivity index is 2.87. The number of rotatable bonds is 7. The molecule has 0 unspecified atom stereocenters. The van der Waals surface area contributed by atoms with Gasteiger partial charge in [0.1, 0.15) is 0 Å². The van der Waals surface area contributed by atoms with E-state index in [9.17, 15) is 4.79 Å². The molecule has 0 aromatic rings. The Hall–Kier alpha value is -0.613. The number of hydrogen-bond donors (Lipinski definition) is 0. The van der Waals surface area contributed by atoms with E-state index in [1.165, 1.54) is 12.7 Å². The molecule has 1 aliphatic rings. The number of carbonyl (C=O) groups excluding carboxylic acids is 1. The molecular weight excluding hydrogens is 328 g/mol. The predicted octanol–water partition coefficient (Wildman–Crippen LogP) is 5.82. The van der Waals surface area contributed by atoms with Crippen LogP contribution in [0.1, 0.15) is 60.8 Å². The van der Waals surface area contributed by atoms with Crippen molar-refractivity contribution in [3.63, 3.8) is 0 Å². The third-order valence-corrected chi connectivity index (χ3v) is 10.9. The molecule has 4 heteroatoms. The third kappa shape index (κ3) is 5.95. The fourth-order valence-electron chi connectivity index (χ4n) is 3.59. The molecule has 0 amide bonds. The maximum atomic E-state index is 12.3. The maximum absolute atomic E-state index is 12.3. The van der Waals surface area contributed by atoms with E-state index >= 15 is 0 Å². The Morgan fingerprint density at radius 3 is 2.40 bits per heavy atom. The van der Waals surface area contributed by atoms with Gasteiger partial charge in [0, 0.05) is 6.61 Å². The van der Waals surface area contributed by atoms with Gasteiger partial charge in [0.2, 0.25) is 0 Å². The summed E-state index contributed by atoms with van der Waals surface area (Å²) < 4.78 is 11.5. The molecule has 0 N–H and O–H groups in total. The SMILES string of the molecule is COC(=O)[C@H]1CCC(C)=C[C@@H]1[C@H](CCO[Si](C)(C)C(C)(C)C)C(C)C. The largest absolute Gasteiger partial charge is 0.469 e. The van der Waals surface area contributed by atoms with Gasteiger partial charge in [-0.3, -0.25) is 4.79 Å². The van der Waals surface area contributed by atoms with Crippen molar-refractivity contribution in [1.82, 2.24) is 0 Å². The Labute approximate surface area is 156 Å². The van der Waals surface area contributed by atoms with Crippen LogP contribution >= 0.6 is 0 Å². The summed E-state index contributed by atoms with van der Waals surface area (Å²) >= 11 is 0. The molecular formula is C21H40O3Si. The quantitative estimate of drug-likeness (QED) is 0.323. The van der Waals surface area contributed by atoms with Gasteiger partial charge in [-0.15, -0.1) is 0 Å². The Morgan fingerprint density at radius 2 is 1.92 bits per heavy atom. The normalized spacial score (nSPS) is 23.4. The van der Waals surface area contributed by atoms with Crippen molar-refractivity contribution in [3.8, 4) is 0 Å². The van der Waals surface area contributed by atoms with Gasteiger partial charge in [-0.1, -0.05) is 46.3 Å². The van der Waals surface area contributed by atoms with Gasteiger partial charge in [-0.2, -0.15) is 0 Å². The number of hydrogen-bond acceptors (Lipinski definition) is 3. The second-order valence-electron chi connectivity index (χ2n) is 9.56. The second kappa shape index (κ2) is 8.85. The number of ether oxygens (including phenoxy) is 1. The van der Waals surface area contributed by atoms with Crippen molar-refractivity contribution < 1.29 is 14.0 Å². The van der Waals surface area contributed by atoms with Gasteiger partial charge in [-0.05, 0) is 62.1 Å². The molecule has 0 saturated heterocycles. The zero-order valence-electron chi connectivity index (χ0n) is 17.9. The molecule has 1 rings (SSSR count). The molecule has 0 aromatic carbocycles. The highest BCUT2D eigenvalue weighted by molar-refractivity contribution is 6.74. The molecule has 0 heterocycles. The van der Waals surface area contributed by atoms with E-state index in [1.807, 2.05) is 0 Å². The monoisotopic (exact) mass is 368 g/mol. The van der Waals surface area contributed by atoms with E-state index in [2.05, 4.69) is 60.7 Å². The van der Waals surface area contributed by atoms with Crippen LogP contribution in [-0.2, 0) is 14.0 Å². The molecule has 0 bridgehead atoms. The predicted molar refractivity (Wildman–Crippen MR) is 108 cm³/mol. The Bertz CT molecular complexity index is 474. The summed E-state index contributed by atoms with van der Waals surface area (Å²) in [5.41, 5.74) is 1.40. The maximum Gasteiger partial charge on any atom is 0.309 e. The minimum Gasteiger partial charge on any atom is -0.469 e. The molecule has 0 aromatic heterocycles. The smallest absolute Gasteiger partial charge is 0.309 e. The molecule has 25 heavy (non-hydrogen) atoms. The zero-order chi connectivity index (χ0) is 19.4. The van der Waals surface area contributed by atoms with Crippen molar-refractivity contribution in [2.75, 3.05) is 13.7 Å². The third-order valence-electron chi connectivity index (χ3n) is 6.37. The van der Waals surface area contributed by atoms with Crippen molar-refractivity contribution in [3.05, 3.63) is 11.6 Å². The first-order valence-corrected chi connectivity index (χ1v) is 12.7. The minimum atomic E-state index is -1.72. The summed E-state index contributed by atoms with van der Waals surface area (Å²) in [5.74, 6) is 1.18. The topological polar surface area (TPSA) is 35.5 Å². The van der Waals surface area contributed by atoms with Crippen LogP contribution in [0.4, 0.5) is 0 Å². The first-order valence-electron chi connectivity index (χ1n) is 9.79. The summed E-state index contributed by atoms with van der Waals surface area (Å²) in [6.07, 6.45) is 5.25. The fourth-order valence-corrected chi connectivity index (χ4v) is 4.65. The van der Waals surface area contributed by atoms with Crippen LogP contribution < -0.4 is 0 Å². The van der Waals surface area contributed by atoms with Gasteiger partial charge in [-0.25, -0.2) is 0 Å². The Kier molecular flexibility index (Phi) is 7.94. The van der Waals surface area contributed by atoms with Crippen molar-refractivity contribution in [1.29, 1.82) is 0 Å². The fraction of sp³-hybridized carbons (Fsp3) is 0.857. The molecule has 0 radical (unpaired) electrons. The zero-order valence-corrected chi connectivity index (χ0v) is 18.9. The summed E-state index contributed by atoms with van der Waals surface area (Å²) in [4.78, 5) is 12.3. The molecule has 3 nitrogen and oxygen atoms in total. The molecule has 0 spiro atoms. The highest BCUT2D eigenvalue weighted by Crippen LogP contribution is 2.40. The van der Waals surface area contributed by atoms with Crippen LogP contribution in [-0.4, -0.2) is 28.0 Å². The van der Waals surface area contributed by atoms with Gasteiger partial charge in [0.25, 0.3) is 0 Å². The van der Waals surface area contributed by atoms with E-state index in [4.69, 9.17) is 9.16 Å². The average Bonchev–Trinajstić information content (AvgIpc) is 2.49. The molecule has 0 saturated carbocycles. The number of esters is 1. The van der Waals surface area contributed by atoms with Gasteiger partial charge in [0.05, 0.1) is 13.0 Å². The standard InChI is InChI=1S/C21H40O3Si/c1-15(2)17(12-13-24-25(8,9)21(4,5)6)19-14-16(3)10-11-18(19)20(22)23-7/h14-15,17-19H,10-13H2,1-9H3/t17-,18+,19-/m1/s1. The molecule has 146 valence electrons. The van der Waals surface area contributed by atoms with Crippen LogP contribution in [0.3, 0.4) is 0 Å². The van der Waals surface area contributed by atoms with E-state index in [-0.39, 0.29) is 22.8 Å². The van der Waals surface area contributed by atoms with Gasteiger partial charge >= 0.3 is 5.97 Å².